The Labute approximate surface area is 157 Å². The summed E-state index contributed by atoms with van der Waals surface area (Å²) in [6, 6.07) is 9.53. The summed E-state index contributed by atoms with van der Waals surface area (Å²) >= 11 is 13.6. The van der Waals surface area contributed by atoms with Gasteiger partial charge in [0.05, 0.1) is 15.8 Å². The molecule has 6 nitrogen and oxygen atoms in total. The molecular formula is C16H11Cl2N5OS. The maximum Gasteiger partial charge on any atom is 0.237 e. The first-order chi connectivity index (χ1) is 12.1. The maximum atomic E-state index is 6.12. The highest BCUT2D eigenvalue weighted by Crippen LogP contribution is 2.27. The highest BCUT2D eigenvalue weighted by atomic mass is 35.5. The molecule has 0 atom stereocenters. The van der Waals surface area contributed by atoms with Gasteiger partial charge in [-0.3, -0.25) is 4.40 Å². The van der Waals surface area contributed by atoms with Crippen LogP contribution < -0.4 is 0 Å². The number of rotatable bonds is 4. The summed E-state index contributed by atoms with van der Waals surface area (Å²) < 4.78 is 7.08. The minimum atomic E-state index is 0.450. The van der Waals surface area contributed by atoms with Crippen LogP contribution in [0.3, 0.4) is 0 Å². The van der Waals surface area contributed by atoms with Gasteiger partial charge < -0.3 is 4.52 Å². The monoisotopic (exact) mass is 391 g/mol. The van der Waals surface area contributed by atoms with Gasteiger partial charge in [-0.25, -0.2) is 0 Å². The van der Waals surface area contributed by atoms with Crippen LogP contribution in [0.25, 0.3) is 17.0 Å². The Bertz CT molecular complexity index is 1060. The first-order valence-corrected chi connectivity index (χ1v) is 9.07. The van der Waals surface area contributed by atoms with Gasteiger partial charge in [-0.05, 0) is 18.6 Å². The van der Waals surface area contributed by atoms with E-state index in [9.17, 15) is 0 Å². The van der Waals surface area contributed by atoms with Crippen LogP contribution in [0.4, 0.5) is 0 Å². The quantitative estimate of drug-likeness (QED) is 0.470. The fourth-order valence-electron chi connectivity index (χ4n) is 2.37. The van der Waals surface area contributed by atoms with E-state index >= 15 is 0 Å². The summed E-state index contributed by atoms with van der Waals surface area (Å²) in [5.74, 6) is 1.54. The fraction of sp³-hybridized carbons (Fsp3) is 0.125. The van der Waals surface area contributed by atoms with E-state index in [0.29, 0.717) is 38.3 Å². The molecule has 1 aromatic carbocycles. The van der Waals surface area contributed by atoms with Crippen LogP contribution in [0.15, 0.2) is 46.2 Å². The standard InChI is InChI=1S/C16H11Cl2N5OS/c1-9-4-2-3-5-11(9)14-19-13(24-22-14)8-25-16-21-20-15-12(18)6-10(17)7-23(15)16/h2-7H,8H2,1H3. The van der Waals surface area contributed by atoms with E-state index in [0.717, 1.165) is 11.1 Å². The normalized spacial score (nSPS) is 11.3. The van der Waals surface area contributed by atoms with E-state index < -0.39 is 0 Å². The minimum Gasteiger partial charge on any atom is -0.338 e. The van der Waals surface area contributed by atoms with E-state index in [1.54, 1.807) is 16.7 Å². The van der Waals surface area contributed by atoms with E-state index in [4.69, 9.17) is 27.7 Å². The molecule has 0 aliphatic heterocycles. The summed E-state index contributed by atoms with van der Waals surface area (Å²) in [6.45, 7) is 2.01. The van der Waals surface area contributed by atoms with Gasteiger partial charge in [-0.15, -0.1) is 10.2 Å². The van der Waals surface area contributed by atoms with Crippen molar-refractivity contribution in [2.75, 3.05) is 0 Å². The molecule has 0 fully saturated rings. The van der Waals surface area contributed by atoms with Crippen LogP contribution >= 0.6 is 35.0 Å². The van der Waals surface area contributed by atoms with E-state index in [1.807, 2.05) is 31.2 Å². The second-order valence-corrected chi connectivity index (χ2v) is 7.08. The molecule has 0 bridgehead atoms. The van der Waals surface area contributed by atoms with Crippen molar-refractivity contribution in [3.8, 4) is 11.4 Å². The van der Waals surface area contributed by atoms with Gasteiger partial charge in [-0.2, -0.15) is 4.98 Å². The zero-order valence-corrected chi connectivity index (χ0v) is 15.3. The van der Waals surface area contributed by atoms with Gasteiger partial charge in [-0.1, -0.05) is 64.4 Å². The SMILES string of the molecule is Cc1ccccc1-c1noc(CSc2nnc3c(Cl)cc(Cl)cn23)n1. The summed E-state index contributed by atoms with van der Waals surface area (Å²) in [5.41, 5.74) is 2.60. The summed E-state index contributed by atoms with van der Waals surface area (Å²) in [6.07, 6.45) is 1.72. The lowest BCUT2D eigenvalue weighted by Crippen LogP contribution is -1.90. The first-order valence-electron chi connectivity index (χ1n) is 7.33. The molecule has 0 saturated carbocycles. The molecule has 4 aromatic rings. The molecule has 0 N–H and O–H groups in total. The van der Waals surface area contributed by atoms with Crippen molar-refractivity contribution in [1.29, 1.82) is 0 Å². The van der Waals surface area contributed by atoms with Crippen LogP contribution in [0.2, 0.25) is 10.0 Å². The molecule has 0 unspecified atom stereocenters. The number of pyridine rings is 1. The number of halogens is 2. The lowest BCUT2D eigenvalue weighted by Gasteiger charge is -2.00. The lowest BCUT2D eigenvalue weighted by atomic mass is 10.1. The molecule has 3 heterocycles. The number of nitrogens with zero attached hydrogens (tertiary/aromatic N) is 5. The van der Waals surface area contributed by atoms with Crippen molar-refractivity contribution in [1.82, 2.24) is 24.7 Å². The zero-order chi connectivity index (χ0) is 17.4. The summed E-state index contributed by atoms with van der Waals surface area (Å²) in [5, 5.41) is 13.9. The molecule has 0 saturated heterocycles. The number of fused-ring (bicyclic) bond motifs is 1. The largest absolute Gasteiger partial charge is 0.338 e. The first kappa shape index (κ1) is 16.4. The Hall–Kier alpha value is -2.09. The molecule has 0 amide bonds. The van der Waals surface area contributed by atoms with Crippen LogP contribution in [-0.2, 0) is 5.75 Å². The van der Waals surface area contributed by atoms with Gasteiger partial charge in [0.15, 0.2) is 10.8 Å². The summed E-state index contributed by atoms with van der Waals surface area (Å²) in [4.78, 5) is 4.45. The van der Waals surface area contributed by atoms with Crippen LogP contribution in [0, 0.1) is 6.92 Å². The molecule has 0 radical (unpaired) electrons. The van der Waals surface area contributed by atoms with Crippen molar-refractivity contribution in [2.24, 2.45) is 0 Å². The second-order valence-electron chi connectivity index (χ2n) is 5.30. The maximum absolute atomic E-state index is 6.12. The van der Waals surface area contributed by atoms with Gasteiger partial charge in [0, 0.05) is 11.8 Å². The Kier molecular flexibility index (Phi) is 4.37. The molecular weight excluding hydrogens is 381 g/mol. The number of thioether (sulfide) groups is 1. The van der Waals surface area contributed by atoms with Gasteiger partial charge in [0.1, 0.15) is 0 Å². The Morgan fingerprint density at radius 1 is 1.20 bits per heavy atom. The third kappa shape index (κ3) is 3.22. The van der Waals surface area contributed by atoms with Crippen molar-refractivity contribution in [3.63, 3.8) is 0 Å². The van der Waals surface area contributed by atoms with E-state index in [1.165, 1.54) is 11.8 Å². The van der Waals surface area contributed by atoms with E-state index in [2.05, 4.69) is 20.3 Å². The van der Waals surface area contributed by atoms with Crippen molar-refractivity contribution >= 4 is 40.6 Å². The van der Waals surface area contributed by atoms with Gasteiger partial charge in [0.2, 0.25) is 11.7 Å². The van der Waals surface area contributed by atoms with Crippen molar-refractivity contribution in [2.45, 2.75) is 17.8 Å². The van der Waals surface area contributed by atoms with Crippen LogP contribution in [-0.4, -0.2) is 24.7 Å². The average Bonchev–Trinajstić information content (AvgIpc) is 3.20. The highest BCUT2D eigenvalue weighted by Gasteiger charge is 2.14. The topological polar surface area (TPSA) is 69.1 Å². The van der Waals surface area contributed by atoms with E-state index in [-0.39, 0.29) is 0 Å². The van der Waals surface area contributed by atoms with Gasteiger partial charge in [0.25, 0.3) is 0 Å². The second kappa shape index (κ2) is 6.67. The molecule has 25 heavy (non-hydrogen) atoms. The Balaban J connectivity index is 1.56. The number of benzene rings is 1. The minimum absolute atomic E-state index is 0.450. The molecule has 3 aromatic heterocycles. The number of hydrogen-bond donors (Lipinski definition) is 0. The Morgan fingerprint density at radius 2 is 2.04 bits per heavy atom. The number of aromatic nitrogens is 5. The van der Waals surface area contributed by atoms with Crippen molar-refractivity contribution < 1.29 is 4.52 Å². The van der Waals surface area contributed by atoms with Crippen LogP contribution in [0.5, 0.6) is 0 Å². The molecule has 0 aliphatic carbocycles. The van der Waals surface area contributed by atoms with Gasteiger partial charge >= 0.3 is 0 Å². The predicted octanol–water partition coefficient (Wildman–Crippen LogP) is 4.69. The Morgan fingerprint density at radius 3 is 2.88 bits per heavy atom. The number of aryl methyl sites for hydroxylation is 1. The number of hydrogen-bond acceptors (Lipinski definition) is 6. The predicted molar refractivity (Wildman–Crippen MR) is 97.0 cm³/mol. The average molecular weight is 392 g/mol. The molecule has 4 rings (SSSR count). The molecule has 9 heteroatoms. The van der Waals surface area contributed by atoms with Crippen LogP contribution in [0.1, 0.15) is 11.5 Å². The third-order valence-corrected chi connectivity index (χ3v) is 4.99. The zero-order valence-electron chi connectivity index (χ0n) is 13.0. The smallest absolute Gasteiger partial charge is 0.237 e. The van der Waals surface area contributed by atoms with Crippen molar-refractivity contribution in [3.05, 3.63) is 58.0 Å². The third-order valence-electron chi connectivity index (χ3n) is 3.57. The highest BCUT2D eigenvalue weighted by molar-refractivity contribution is 7.98. The molecule has 0 spiro atoms. The fourth-order valence-corrected chi connectivity index (χ4v) is 3.63. The molecule has 0 aliphatic rings. The lowest BCUT2D eigenvalue weighted by molar-refractivity contribution is 0.391. The summed E-state index contributed by atoms with van der Waals surface area (Å²) in [7, 11) is 0. The molecule has 126 valence electrons.